The third kappa shape index (κ3) is 4.22. The third-order valence-corrected chi connectivity index (χ3v) is 3.65. The molecule has 1 aromatic rings. The summed E-state index contributed by atoms with van der Waals surface area (Å²) >= 11 is 5.97. The van der Waals surface area contributed by atoms with E-state index in [1.54, 1.807) is 6.07 Å². The topological polar surface area (TPSA) is 49.3 Å². The molecule has 0 heterocycles. The summed E-state index contributed by atoms with van der Waals surface area (Å²) < 4.78 is 0. The lowest BCUT2D eigenvalue weighted by molar-refractivity contribution is -0.126. The quantitative estimate of drug-likeness (QED) is 0.843. The van der Waals surface area contributed by atoms with Crippen LogP contribution in [0.15, 0.2) is 24.3 Å². The highest BCUT2D eigenvalue weighted by atomic mass is 35.5. The summed E-state index contributed by atoms with van der Waals surface area (Å²) in [5.74, 6) is -0.0462. The Morgan fingerprint density at radius 3 is 2.68 bits per heavy atom. The lowest BCUT2D eigenvalue weighted by atomic mass is 9.83. The van der Waals surface area contributed by atoms with Crippen molar-refractivity contribution in [3.63, 3.8) is 0 Å². The van der Waals surface area contributed by atoms with Gasteiger partial charge in [0.05, 0.1) is 5.41 Å². The fourth-order valence-corrected chi connectivity index (χ4v) is 2.10. The first kappa shape index (κ1) is 16.0. The zero-order valence-corrected chi connectivity index (χ0v) is 12.5. The average Bonchev–Trinajstić information content (AvgIpc) is 2.38. The Morgan fingerprint density at radius 1 is 1.47 bits per heavy atom. The molecule has 1 atom stereocenters. The predicted octanol–water partition coefficient (Wildman–Crippen LogP) is 2.89. The molecule has 1 rings (SSSR count). The number of benzene rings is 1. The maximum atomic E-state index is 12.4. The first-order valence-electron chi connectivity index (χ1n) is 6.59. The van der Waals surface area contributed by atoms with Crippen LogP contribution in [0, 0.1) is 0 Å². The molecule has 0 bridgehead atoms. The van der Waals surface area contributed by atoms with Gasteiger partial charge in [0, 0.05) is 17.7 Å². The fourth-order valence-electron chi connectivity index (χ4n) is 1.91. The summed E-state index contributed by atoms with van der Waals surface area (Å²) in [4.78, 5) is 12.4. The van der Waals surface area contributed by atoms with Gasteiger partial charge in [-0.05, 0) is 44.4 Å². The molecular weight excluding hydrogens is 262 g/mol. The van der Waals surface area contributed by atoms with E-state index in [0.29, 0.717) is 11.4 Å². The van der Waals surface area contributed by atoms with Crippen molar-refractivity contribution in [2.75, 3.05) is 6.61 Å². The number of carbonyl (C=O) groups is 1. The number of rotatable bonds is 6. The Morgan fingerprint density at radius 2 is 2.16 bits per heavy atom. The van der Waals surface area contributed by atoms with Crippen LogP contribution in [0.2, 0.25) is 5.02 Å². The van der Waals surface area contributed by atoms with Gasteiger partial charge in [0.15, 0.2) is 0 Å². The molecule has 0 fully saturated rings. The van der Waals surface area contributed by atoms with Gasteiger partial charge >= 0.3 is 0 Å². The molecule has 106 valence electrons. The van der Waals surface area contributed by atoms with Crippen molar-refractivity contribution in [1.29, 1.82) is 0 Å². The standard InChI is InChI=1S/C15H22ClNO2/c1-4-13(8-9-18)17-14(19)15(2,3)11-6-5-7-12(16)10-11/h5-7,10,13,18H,4,8-9H2,1-3H3,(H,17,19). The van der Waals surface area contributed by atoms with Crippen LogP contribution in [-0.4, -0.2) is 23.7 Å². The first-order valence-corrected chi connectivity index (χ1v) is 6.97. The highest BCUT2D eigenvalue weighted by Crippen LogP contribution is 2.26. The molecule has 0 aliphatic rings. The molecule has 3 nitrogen and oxygen atoms in total. The van der Waals surface area contributed by atoms with Crippen molar-refractivity contribution in [3.05, 3.63) is 34.9 Å². The van der Waals surface area contributed by atoms with Crippen LogP contribution in [0.1, 0.15) is 39.2 Å². The van der Waals surface area contributed by atoms with Crippen molar-refractivity contribution in [2.24, 2.45) is 0 Å². The van der Waals surface area contributed by atoms with Crippen LogP contribution in [0.4, 0.5) is 0 Å². The highest BCUT2D eigenvalue weighted by Gasteiger charge is 2.30. The second-order valence-electron chi connectivity index (χ2n) is 5.23. The summed E-state index contributed by atoms with van der Waals surface area (Å²) in [6.45, 7) is 5.82. The number of aliphatic hydroxyl groups is 1. The molecule has 0 aromatic heterocycles. The Labute approximate surface area is 120 Å². The summed E-state index contributed by atoms with van der Waals surface area (Å²) in [7, 11) is 0. The van der Waals surface area contributed by atoms with E-state index in [2.05, 4.69) is 5.32 Å². The Balaban J connectivity index is 2.84. The monoisotopic (exact) mass is 283 g/mol. The van der Waals surface area contributed by atoms with Crippen LogP contribution in [0.5, 0.6) is 0 Å². The Bertz CT molecular complexity index is 432. The normalized spacial score (nSPS) is 13.1. The van der Waals surface area contributed by atoms with Crippen LogP contribution < -0.4 is 5.32 Å². The van der Waals surface area contributed by atoms with Gasteiger partial charge in [0.2, 0.25) is 5.91 Å². The molecule has 0 aliphatic heterocycles. The predicted molar refractivity (Wildman–Crippen MR) is 78.4 cm³/mol. The van der Waals surface area contributed by atoms with E-state index >= 15 is 0 Å². The summed E-state index contributed by atoms with van der Waals surface area (Å²) in [5, 5.41) is 12.6. The zero-order chi connectivity index (χ0) is 14.5. The number of carbonyl (C=O) groups excluding carboxylic acids is 1. The number of halogens is 1. The largest absolute Gasteiger partial charge is 0.396 e. The first-order chi connectivity index (χ1) is 8.91. The Kier molecular flexibility index (Phi) is 5.83. The van der Waals surface area contributed by atoms with Crippen molar-refractivity contribution >= 4 is 17.5 Å². The smallest absolute Gasteiger partial charge is 0.230 e. The van der Waals surface area contributed by atoms with Gasteiger partial charge in [-0.15, -0.1) is 0 Å². The second kappa shape index (κ2) is 6.92. The lowest BCUT2D eigenvalue weighted by Gasteiger charge is -2.27. The maximum absolute atomic E-state index is 12.4. The third-order valence-electron chi connectivity index (χ3n) is 3.42. The number of amides is 1. The molecule has 0 saturated heterocycles. The van der Waals surface area contributed by atoms with Crippen LogP contribution >= 0.6 is 11.6 Å². The van der Waals surface area contributed by atoms with E-state index in [9.17, 15) is 4.79 Å². The SMILES string of the molecule is CCC(CCO)NC(=O)C(C)(C)c1cccc(Cl)c1. The van der Waals surface area contributed by atoms with E-state index in [1.807, 2.05) is 39.0 Å². The minimum atomic E-state index is -0.645. The van der Waals surface area contributed by atoms with Crippen LogP contribution in [-0.2, 0) is 10.2 Å². The number of aliphatic hydroxyl groups excluding tert-OH is 1. The summed E-state index contributed by atoms with van der Waals surface area (Å²) in [6.07, 6.45) is 1.38. The molecule has 0 radical (unpaired) electrons. The summed E-state index contributed by atoms with van der Waals surface area (Å²) in [6, 6.07) is 7.36. The number of nitrogens with one attached hydrogen (secondary N) is 1. The lowest BCUT2D eigenvalue weighted by Crippen LogP contribution is -2.45. The zero-order valence-electron chi connectivity index (χ0n) is 11.7. The molecular formula is C15H22ClNO2. The van der Waals surface area contributed by atoms with Crippen molar-refractivity contribution in [2.45, 2.75) is 45.1 Å². The van der Waals surface area contributed by atoms with Gasteiger partial charge in [-0.25, -0.2) is 0 Å². The van der Waals surface area contributed by atoms with E-state index < -0.39 is 5.41 Å². The number of hydrogen-bond donors (Lipinski definition) is 2. The van der Waals surface area contributed by atoms with Gasteiger partial charge < -0.3 is 10.4 Å². The second-order valence-corrected chi connectivity index (χ2v) is 5.66. The van der Waals surface area contributed by atoms with E-state index in [-0.39, 0.29) is 18.6 Å². The molecule has 2 N–H and O–H groups in total. The summed E-state index contributed by atoms with van der Waals surface area (Å²) in [5.41, 5.74) is 0.240. The molecule has 0 spiro atoms. The van der Waals surface area contributed by atoms with Crippen molar-refractivity contribution < 1.29 is 9.90 Å². The van der Waals surface area contributed by atoms with Gasteiger partial charge in [0.25, 0.3) is 0 Å². The van der Waals surface area contributed by atoms with Crippen LogP contribution in [0.3, 0.4) is 0 Å². The average molecular weight is 284 g/mol. The fraction of sp³-hybridized carbons (Fsp3) is 0.533. The van der Waals surface area contributed by atoms with Gasteiger partial charge in [-0.3, -0.25) is 4.79 Å². The van der Waals surface area contributed by atoms with Crippen molar-refractivity contribution in [1.82, 2.24) is 5.32 Å². The number of hydrogen-bond acceptors (Lipinski definition) is 2. The van der Waals surface area contributed by atoms with E-state index in [4.69, 9.17) is 16.7 Å². The van der Waals surface area contributed by atoms with Crippen molar-refractivity contribution in [3.8, 4) is 0 Å². The molecule has 1 unspecified atom stereocenters. The molecule has 0 saturated carbocycles. The molecule has 0 aliphatic carbocycles. The molecule has 4 heteroatoms. The minimum absolute atomic E-state index is 0.0101. The highest BCUT2D eigenvalue weighted by molar-refractivity contribution is 6.30. The van der Waals surface area contributed by atoms with Gasteiger partial charge in [-0.1, -0.05) is 30.7 Å². The van der Waals surface area contributed by atoms with E-state index in [1.165, 1.54) is 0 Å². The molecule has 1 amide bonds. The Hall–Kier alpha value is -1.06. The van der Waals surface area contributed by atoms with E-state index in [0.717, 1.165) is 12.0 Å². The van der Waals surface area contributed by atoms with Gasteiger partial charge in [0.1, 0.15) is 0 Å². The minimum Gasteiger partial charge on any atom is -0.396 e. The molecule has 19 heavy (non-hydrogen) atoms. The molecule has 1 aromatic carbocycles. The van der Waals surface area contributed by atoms with Gasteiger partial charge in [-0.2, -0.15) is 0 Å². The maximum Gasteiger partial charge on any atom is 0.230 e. The van der Waals surface area contributed by atoms with Crippen LogP contribution in [0.25, 0.3) is 0 Å².